The Balaban J connectivity index is 1.74. The topological polar surface area (TPSA) is 139 Å². The molecular formula is C30H44N4O6S2. The molecule has 0 spiro atoms. The fourth-order valence-electron chi connectivity index (χ4n) is 5.16. The minimum atomic E-state index is -0.935. The van der Waals surface area contributed by atoms with Crippen LogP contribution >= 0.6 is 22.7 Å². The van der Waals surface area contributed by atoms with Gasteiger partial charge in [0.2, 0.25) is 5.91 Å². The molecule has 3 rings (SSSR count). The third-order valence-electron chi connectivity index (χ3n) is 7.86. The van der Waals surface area contributed by atoms with E-state index < -0.39 is 35.9 Å². The number of amides is 2. The van der Waals surface area contributed by atoms with Gasteiger partial charge < -0.3 is 20.1 Å². The summed E-state index contributed by atoms with van der Waals surface area (Å²) in [5.41, 5.74) is 1.04. The molecule has 42 heavy (non-hydrogen) atoms. The molecule has 0 radical (unpaired) electrons. The number of carbonyl (C=O) groups excluding carboxylic acids is 3. The van der Waals surface area contributed by atoms with Crippen molar-refractivity contribution in [2.24, 2.45) is 23.7 Å². The van der Waals surface area contributed by atoms with Crippen molar-refractivity contribution in [1.29, 1.82) is 0 Å². The summed E-state index contributed by atoms with van der Waals surface area (Å²) in [7, 11) is 1.81. The highest BCUT2D eigenvalue weighted by molar-refractivity contribution is 7.10. The molecule has 2 amide bonds. The number of nitrogens with zero attached hydrogens (tertiary/aromatic N) is 3. The number of rotatable bonds is 16. The van der Waals surface area contributed by atoms with E-state index in [-0.39, 0.29) is 30.0 Å². The average Bonchev–Trinajstić information content (AvgIpc) is 3.50. The number of carbonyl (C=O) groups is 4. The van der Waals surface area contributed by atoms with E-state index in [1.165, 1.54) is 42.4 Å². The van der Waals surface area contributed by atoms with Crippen LogP contribution in [-0.4, -0.2) is 62.9 Å². The van der Waals surface area contributed by atoms with Gasteiger partial charge in [0, 0.05) is 61.8 Å². The van der Waals surface area contributed by atoms with E-state index in [0.29, 0.717) is 36.1 Å². The summed E-state index contributed by atoms with van der Waals surface area (Å²) >= 11 is 2.69. The van der Waals surface area contributed by atoms with Crippen molar-refractivity contribution in [2.45, 2.75) is 98.3 Å². The number of nitrogens with one attached hydrogen (secondary N) is 1. The Kier molecular flexibility index (Phi) is 12.0. The molecule has 1 aliphatic carbocycles. The Morgan fingerprint density at radius 1 is 1.10 bits per heavy atom. The Hall–Kier alpha value is -2.86. The lowest BCUT2D eigenvalue weighted by atomic mass is 9.94. The molecule has 1 fully saturated rings. The van der Waals surface area contributed by atoms with Crippen LogP contribution in [0.25, 0.3) is 0 Å². The SMILES string of the molecule is CC(=O)O[C@H](CC(C(C)C)N(C)C(=O)C[C@@H](C)C1CC1)c1nc(C(=O)N[C@@H](Cc2nc(C)cs2)C[C@H](C)C(=O)O)cs1. The number of hydrogen-bond donors (Lipinski definition) is 2. The first-order chi connectivity index (χ1) is 19.7. The maximum atomic E-state index is 13.3. The summed E-state index contributed by atoms with van der Waals surface area (Å²) in [6, 6.07) is -0.648. The summed E-state index contributed by atoms with van der Waals surface area (Å²) in [6.07, 6.45) is 3.14. The van der Waals surface area contributed by atoms with Crippen LogP contribution in [0.15, 0.2) is 10.8 Å². The van der Waals surface area contributed by atoms with E-state index >= 15 is 0 Å². The van der Waals surface area contributed by atoms with Crippen LogP contribution < -0.4 is 5.32 Å². The van der Waals surface area contributed by atoms with Crippen molar-refractivity contribution in [3.63, 3.8) is 0 Å². The standard InChI is InChI=1S/C30H44N4O6S2/c1-16(2)24(34(7)27(36)11-17(3)21-8-9-21)13-25(40-20(6)35)29-33-23(15-42-29)28(37)32-22(10-18(4)30(38)39)12-26-31-19(5)14-41-26/h14-18,21-22,24-25H,8-13H2,1-7H3,(H,32,37)(H,38,39)/t17-,18+,22-,24?,25-/m1/s1. The second-order valence-corrected chi connectivity index (χ2v) is 13.8. The zero-order valence-corrected chi connectivity index (χ0v) is 27.2. The van der Waals surface area contributed by atoms with E-state index in [2.05, 4.69) is 22.2 Å². The molecule has 12 heteroatoms. The first kappa shape index (κ1) is 33.6. The molecule has 1 saturated carbocycles. The number of carboxylic acids is 1. The number of esters is 1. The number of ether oxygens (including phenoxy) is 1. The largest absolute Gasteiger partial charge is 0.481 e. The molecule has 0 aliphatic heterocycles. The number of aromatic nitrogens is 2. The number of hydrogen-bond acceptors (Lipinski definition) is 9. The van der Waals surface area contributed by atoms with Crippen LogP contribution in [-0.2, 0) is 25.5 Å². The van der Waals surface area contributed by atoms with Gasteiger partial charge in [0.15, 0.2) is 6.10 Å². The first-order valence-electron chi connectivity index (χ1n) is 14.6. The van der Waals surface area contributed by atoms with Crippen molar-refractivity contribution in [3.05, 3.63) is 32.2 Å². The molecule has 2 aromatic rings. The summed E-state index contributed by atoms with van der Waals surface area (Å²) in [4.78, 5) is 60.8. The molecule has 0 aromatic carbocycles. The maximum absolute atomic E-state index is 13.3. The van der Waals surface area contributed by atoms with Crippen LogP contribution in [0, 0.1) is 30.6 Å². The van der Waals surface area contributed by atoms with E-state index in [4.69, 9.17) is 4.74 Å². The van der Waals surface area contributed by atoms with Gasteiger partial charge in [-0.2, -0.15) is 0 Å². The van der Waals surface area contributed by atoms with Gasteiger partial charge in [-0.3, -0.25) is 19.2 Å². The van der Waals surface area contributed by atoms with Crippen molar-refractivity contribution < 1.29 is 29.0 Å². The fourth-order valence-corrected chi connectivity index (χ4v) is 6.85. The Bertz CT molecular complexity index is 1240. The zero-order valence-electron chi connectivity index (χ0n) is 25.6. The summed E-state index contributed by atoms with van der Waals surface area (Å²) in [6.45, 7) is 11.0. The van der Waals surface area contributed by atoms with Crippen molar-refractivity contribution in [1.82, 2.24) is 20.2 Å². The van der Waals surface area contributed by atoms with Crippen LogP contribution in [0.4, 0.5) is 0 Å². The van der Waals surface area contributed by atoms with Gasteiger partial charge in [0.1, 0.15) is 10.7 Å². The second kappa shape index (κ2) is 15.0. The lowest BCUT2D eigenvalue weighted by molar-refractivity contribution is -0.148. The fraction of sp³-hybridized carbons (Fsp3) is 0.667. The van der Waals surface area contributed by atoms with Crippen LogP contribution in [0.5, 0.6) is 0 Å². The van der Waals surface area contributed by atoms with Gasteiger partial charge in [-0.05, 0) is 43.9 Å². The molecule has 2 aromatic heterocycles. The third-order valence-corrected chi connectivity index (χ3v) is 9.79. The quantitative estimate of drug-likeness (QED) is 0.242. The van der Waals surface area contributed by atoms with Crippen molar-refractivity contribution in [2.75, 3.05) is 7.05 Å². The smallest absolute Gasteiger partial charge is 0.306 e. The molecule has 2 heterocycles. The van der Waals surface area contributed by atoms with Gasteiger partial charge in [-0.25, -0.2) is 9.97 Å². The summed E-state index contributed by atoms with van der Waals surface area (Å²) in [5, 5.41) is 17.2. The van der Waals surface area contributed by atoms with Gasteiger partial charge >= 0.3 is 11.9 Å². The molecular weight excluding hydrogens is 576 g/mol. The normalized spacial score (nSPS) is 16.8. The molecule has 1 unspecified atom stereocenters. The number of aliphatic carboxylic acids is 1. The molecule has 10 nitrogen and oxygen atoms in total. The van der Waals surface area contributed by atoms with Crippen molar-refractivity contribution in [3.8, 4) is 0 Å². The van der Waals surface area contributed by atoms with Crippen molar-refractivity contribution >= 4 is 46.4 Å². The highest BCUT2D eigenvalue weighted by atomic mass is 32.1. The first-order valence-corrected chi connectivity index (χ1v) is 16.3. The van der Waals surface area contributed by atoms with Crippen LogP contribution in [0.1, 0.15) is 99.0 Å². The number of aryl methyl sites for hydroxylation is 1. The lowest BCUT2D eigenvalue weighted by Crippen LogP contribution is -2.42. The van der Waals surface area contributed by atoms with Gasteiger partial charge in [0.25, 0.3) is 5.91 Å². The van der Waals surface area contributed by atoms with E-state index in [9.17, 15) is 24.3 Å². The zero-order chi connectivity index (χ0) is 31.1. The predicted molar refractivity (Wildman–Crippen MR) is 162 cm³/mol. The highest BCUT2D eigenvalue weighted by Gasteiger charge is 2.34. The Morgan fingerprint density at radius 2 is 1.79 bits per heavy atom. The average molecular weight is 621 g/mol. The van der Waals surface area contributed by atoms with E-state index in [1.807, 2.05) is 26.2 Å². The van der Waals surface area contributed by atoms with E-state index in [1.54, 1.807) is 24.3 Å². The molecule has 0 saturated heterocycles. The van der Waals surface area contributed by atoms with Gasteiger partial charge in [0.05, 0.1) is 10.9 Å². The maximum Gasteiger partial charge on any atom is 0.306 e. The monoisotopic (exact) mass is 620 g/mol. The Morgan fingerprint density at radius 3 is 2.33 bits per heavy atom. The minimum Gasteiger partial charge on any atom is -0.481 e. The molecule has 1 aliphatic rings. The number of carboxylic acid groups (broad SMARTS) is 1. The minimum absolute atomic E-state index is 0.0749. The molecule has 232 valence electrons. The lowest BCUT2D eigenvalue weighted by Gasteiger charge is -2.34. The van der Waals surface area contributed by atoms with Crippen LogP contribution in [0.3, 0.4) is 0 Å². The molecule has 5 atom stereocenters. The van der Waals surface area contributed by atoms with Gasteiger partial charge in [-0.15, -0.1) is 22.7 Å². The summed E-state index contributed by atoms with van der Waals surface area (Å²) in [5.74, 6) is -1.35. The van der Waals surface area contributed by atoms with Crippen LogP contribution in [0.2, 0.25) is 0 Å². The third kappa shape index (κ3) is 9.86. The van der Waals surface area contributed by atoms with Gasteiger partial charge in [-0.1, -0.05) is 27.7 Å². The molecule has 2 N–H and O–H groups in total. The second-order valence-electron chi connectivity index (χ2n) is 12.0. The van der Waals surface area contributed by atoms with E-state index in [0.717, 1.165) is 10.7 Å². The highest BCUT2D eigenvalue weighted by Crippen LogP contribution is 2.39. The summed E-state index contributed by atoms with van der Waals surface area (Å²) < 4.78 is 5.68. The predicted octanol–water partition coefficient (Wildman–Crippen LogP) is 5.27. The Labute approximate surface area is 256 Å². The number of thiazole rings is 2. The molecule has 0 bridgehead atoms.